The summed E-state index contributed by atoms with van der Waals surface area (Å²) in [5.74, 6) is -0.456. The monoisotopic (exact) mass is 369 g/mol. The summed E-state index contributed by atoms with van der Waals surface area (Å²) in [5.41, 5.74) is 1.75. The molecule has 0 spiro atoms. The molecule has 1 saturated carbocycles. The van der Waals surface area contributed by atoms with Gasteiger partial charge in [-0.2, -0.15) is 0 Å². The third kappa shape index (κ3) is 5.12. The highest BCUT2D eigenvalue weighted by molar-refractivity contribution is 5.94. The molecular formula is C21H24FN3O2. The molecule has 1 aliphatic rings. The van der Waals surface area contributed by atoms with Crippen LogP contribution in [0.15, 0.2) is 42.6 Å². The van der Waals surface area contributed by atoms with Crippen LogP contribution in [0.25, 0.3) is 11.3 Å². The van der Waals surface area contributed by atoms with Crippen LogP contribution in [-0.2, 0) is 4.79 Å². The molecule has 2 aromatic rings. The van der Waals surface area contributed by atoms with Gasteiger partial charge in [0.2, 0.25) is 5.91 Å². The minimum Gasteiger partial charge on any atom is -0.353 e. The Morgan fingerprint density at radius 1 is 1.15 bits per heavy atom. The van der Waals surface area contributed by atoms with E-state index in [1.54, 1.807) is 24.3 Å². The summed E-state index contributed by atoms with van der Waals surface area (Å²) < 4.78 is 13.3. The Kier molecular flexibility index (Phi) is 6.16. The molecule has 142 valence electrons. The average Bonchev–Trinajstić information content (AvgIpc) is 2.68. The highest BCUT2D eigenvalue weighted by Gasteiger charge is 2.24. The van der Waals surface area contributed by atoms with Crippen molar-refractivity contribution in [3.63, 3.8) is 0 Å². The van der Waals surface area contributed by atoms with E-state index in [1.165, 1.54) is 18.3 Å². The van der Waals surface area contributed by atoms with Crippen molar-refractivity contribution < 1.29 is 14.0 Å². The molecule has 1 aromatic carbocycles. The smallest absolute Gasteiger partial charge is 0.253 e. The lowest BCUT2D eigenvalue weighted by molar-refractivity contribution is -0.121. The van der Waals surface area contributed by atoms with Gasteiger partial charge in [0.15, 0.2) is 0 Å². The van der Waals surface area contributed by atoms with E-state index in [2.05, 4.69) is 15.6 Å². The van der Waals surface area contributed by atoms with E-state index in [0.717, 1.165) is 25.7 Å². The van der Waals surface area contributed by atoms with Crippen molar-refractivity contribution in [2.45, 2.75) is 51.1 Å². The predicted molar refractivity (Wildman–Crippen MR) is 102 cm³/mol. The SMILES string of the molecule is CCC(=O)N[C@H]1CCC[C@H](NC(=O)c2ccc(-c3cccc(F)c3)nc2)C1. The van der Waals surface area contributed by atoms with E-state index in [4.69, 9.17) is 0 Å². The standard InChI is InChI=1S/C21H24FN3O2/c1-2-20(26)24-17-7-4-8-18(12-17)25-21(27)15-9-10-19(23-13-15)14-5-3-6-16(22)11-14/h3,5-6,9-11,13,17-18H,2,4,7-8,12H2,1H3,(H,24,26)(H,25,27)/t17-,18-/m0/s1. The molecule has 0 bridgehead atoms. The fourth-order valence-corrected chi connectivity index (χ4v) is 3.40. The fourth-order valence-electron chi connectivity index (χ4n) is 3.40. The molecule has 0 radical (unpaired) electrons. The van der Waals surface area contributed by atoms with Crippen molar-refractivity contribution in [1.82, 2.24) is 15.6 Å². The van der Waals surface area contributed by atoms with Gasteiger partial charge < -0.3 is 10.6 Å². The number of rotatable bonds is 5. The number of carbonyl (C=O) groups excluding carboxylic acids is 2. The quantitative estimate of drug-likeness (QED) is 0.848. The van der Waals surface area contributed by atoms with Crippen LogP contribution in [0, 0.1) is 5.82 Å². The van der Waals surface area contributed by atoms with Crippen molar-refractivity contribution in [3.8, 4) is 11.3 Å². The number of amides is 2. The second-order valence-electron chi connectivity index (χ2n) is 6.90. The maximum absolute atomic E-state index is 13.3. The molecule has 27 heavy (non-hydrogen) atoms. The number of nitrogens with one attached hydrogen (secondary N) is 2. The summed E-state index contributed by atoms with van der Waals surface area (Å²) in [6.45, 7) is 1.83. The van der Waals surface area contributed by atoms with E-state index >= 15 is 0 Å². The van der Waals surface area contributed by atoms with E-state index in [-0.39, 0.29) is 29.7 Å². The zero-order valence-corrected chi connectivity index (χ0v) is 15.4. The molecule has 1 aromatic heterocycles. The van der Waals surface area contributed by atoms with E-state index in [0.29, 0.717) is 23.2 Å². The van der Waals surface area contributed by atoms with Crippen molar-refractivity contribution in [3.05, 3.63) is 54.0 Å². The van der Waals surface area contributed by atoms with Crippen molar-refractivity contribution in [1.29, 1.82) is 0 Å². The molecule has 1 heterocycles. The zero-order valence-electron chi connectivity index (χ0n) is 15.4. The van der Waals surface area contributed by atoms with Crippen LogP contribution < -0.4 is 10.6 Å². The van der Waals surface area contributed by atoms with Gasteiger partial charge in [0.25, 0.3) is 5.91 Å². The van der Waals surface area contributed by atoms with Gasteiger partial charge in [0.1, 0.15) is 5.82 Å². The highest BCUT2D eigenvalue weighted by Crippen LogP contribution is 2.20. The largest absolute Gasteiger partial charge is 0.353 e. The third-order valence-corrected chi connectivity index (χ3v) is 4.84. The average molecular weight is 369 g/mol. The summed E-state index contributed by atoms with van der Waals surface area (Å²) in [5, 5.41) is 6.04. The summed E-state index contributed by atoms with van der Waals surface area (Å²) in [6.07, 6.45) is 5.54. The first-order valence-electron chi connectivity index (χ1n) is 9.37. The Balaban J connectivity index is 1.60. The van der Waals surface area contributed by atoms with Gasteiger partial charge in [0, 0.05) is 30.3 Å². The van der Waals surface area contributed by atoms with Gasteiger partial charge in [-0.25, -0.2) is 4.39 Å². The molecule has 0 unspecified atom stereocenters. The number of aromatic nitrogens is 1. The highest BCUT2D eigenvalue weighted by atomic mass is 19.1. The first-order valence-corrected chi connectivity index (χ1v) is 9.37. The number of pyridine rings is 1. The fraction of sp³-hybridized carbons (Fsp3) is 0.381. The molecule has 2 N–H and O–H groups in total. The number of hydrogen-bond acceptors (Lipinski definition) is 3. The van der Waals surface area contributed by atoms with Crippen LogP contribution in [-0.4, -0.2) is 28.9 Å². The molecule has 5 nitrogen and oxygen atoms in total. The lowest BCUT2D eigenvalue weighted by Gasteiger charge is -2.30. The number of benzene rings is 1. The predicted octanol–water partition coefficient (Wildman–Crippen LogP) is 3.45. The van der Waals surface area contributed by atoms with Crippen molar-refractivity contribution in [2.75, 3.05) is 0 Å². The third-order valence-electron chi connectivity index (χ3n) is 4.84. The molecule has 6 heteroatoms. The van der Waals surface area contributed by atoms with Crippen LogP contribution >= 0.6 is 0 Å². The van der Waals surface area contributed by atoms with E-state index < -0.39 is 0 Å². The molecular weight excluding hydrogens is 345 g/mol. The van der Waals surface area contributed by atoms with E-state index in [9.17, 15) is 14.0 Å². The molecule has 0 saturated heterocycles. The lowest BCUT2D eigenvalue weighted by Crippen LogP contribution is -2.45. The summed E-state index contributed by atoms with van der Waals surface area (Å²) >= 11 is 0. The topological polar surface area (TPSA) is 71.1 Å². The second kappa shape index (κ2) is 8.75. The van der Waals surface area contributed by atoms with Crippen LogP contribution in [0.2, 0.25) is 0 Å². The molecule has 1 aliphatic carbocycles. The normalized spacial score (nSPS) is 19.3. The second-order valence-corrected chi connectivity index (χ2v) is 6.90. The Hall–Kier alpha value is -2.76. The lowest BCUT2D eigenvalue weighted by atomic mass is 9.90. The number of nitrogens with zero attached hydrogens (tertiary/aromatic N) is 1. The van der Waals surface area contributed by atoms with Gasteiger partial charge in [-0.05, 0) is 49.9 Å². The van der Waals surface area contributed by atoms with Gasteiger partial charge >= 0.3 is 0 Å². The molecule has 0 aliphatic heterocycles. The molecule has 2 amide bonds. The number of carbonyl (C=O) groups is 2. The first kappa shape index (κ1) is 19.0. The Labute approximate surface area is 158 Å². The first-order chi connectivity index (χ1) is 13.0. The van der Waals surface area contributed by atoms with Crippen LogP contribution in [0.3, 0.4) is 0 Å². The Morgan fingerprint density at radius 3 is 2.59 bits per heavy atom. The van der Waals surface area contributed by atoms with Crippen molar-refractivity contribution >= 4 is 11.8 Å². The molecule has 3 rings (SSSR count). The zero-order chi connectivity index (χ0) is 19.2. The van der Waals surface area contributed by atoms with Crippen LogP contribution in [0.5, 0.6) is 0 Å². The molecule has 2 atom stereocenters. The van der Waals surface area contributed by atoms with Crippen LogP contribution in [0.4, 0.5) is 4.39 Å². The molecule has 1 fully saturated rings. The Bertz CT molecular complexity index is 807. The minimum atomic E-state index is -0.321. The van der Waals surface area contributed by atoms with Gasteiger partial charge in [-0.1, -0.05) is 19.1 Å². The summed E-state index contributed by atoms with van der Waals surface area (Å²) in [4.78, 5) is 28.4. The van der Waals surface area contributed by atoms with Gasteiger partial charge in [0.05, 0.1) is 11.3 Å². The van der Waals surface area contributed by atoms with Crippen molar-refractivity contribution in [2.24, 2.45) is 0 Å². The van der Waals surface area contributed by atoms with Crippen LogP contribution in [0.1, 0.15) is 49.4 Å². The minimum absolute atomic E-state index is 0.0382. The maximum atomic E-state index is 13.3. The Morgan fingerprint density at radius 2 is 1.93 bits per heavy atom. The van der Waals surface area contributed by atoms with E-state index in [1.807, 2.05) is 6.92 Å². The van der Waals surface area contributed by atoms with Gasteiger partial charge in [-0.3, -0.25) is 14.6 Å². The maximum Gasteiger partial charge on any atom is 0.253 e. The number of halogens is 1. The summed E-state index contributed by atoms with van der Waals surface area (Å²) in [7, 11) is 0. The summed E-state index contributed by atoms with van der Waals surface area (Å²) in [6, 6.07) is 9.76. The van der Waals surface area contributed by atoms with Gasteiger partial charge in [-0.15, -0.1) is 0 Å². The number of hydrogen-bond donors (Lipinski definition) is 2.